The Morgan fingerprint density at radius 3 is 2.59 bits per heavy atom. The Kier molecular flexibility index (Phi) is 3.25. The zero-order chi connectivity index (χ0) is 12.4. The van der Waals surface area contributed by atoms with E-state index in [4.69, 9.17) is 11.6 Å². The summed E-state index contributed by atoms with van der Waals surface area (Å²) >= 11 is 5.94. The lowest BCUT2D eigenvalue weighted by atomic mass is 10.00. The summed E-state index contributed by atoms with van der Waals surface area (Å²) < 4.78 is 0. The van der Waals surface area contributed by atoms with Crippen LogP contribution in [0.25, 0.3) is 0 Å². The van der Waals surface area contributed by atoms with Crippen LogP contribution in [0.2, 0.25) is 5.02 Å². The van der Waals surface area contributed by atoms with E-state index in [1.165, 1.54) is 0 Å². The van der Waals surface area contributed by atoms with E-state index in [9.17, 15) is 4.79 Å². The van der Waals surface area contributed by atoms with Crippen molar-refractivity contribution in [3.63, 3.8) is 0 Å². The number of aryl methyl sites for hydroxylation is 2. The smallest absolute Gasteiger partial charge is 0.194 e. The summed E-state index contributed by atoms with van der Waals surface area (Å²) in [5.74, 6) is -0.0182. The molecule has 0 saturated heterocycles. The van der Waals surface area contributed by atoms with Crippen molar-refractivity contribution in [2.45, 2.75) is 13.8 Å². The minimum atomic E-state index is -0.0182. The molecule has 1 heterocycles. The monoisotopic (exact) mass is 245 g/mol. The second-order valence-corrected chi connectivity index (χ2v) is 4.39. The summed E-state index contributed by atoms with van der Waals surface area (Å²) in [6.45, 7) is 3.78. The lowest BCUT2D eigenvalue weighted by Crippen LogP contribution is -2.04. The standard InChI is InChI=1S/C14H12ClNO/c1-9-5-6-16-8-12(9)14(17)11-3-4-13(15)10(2)7-11/h3-8H,1-2H3. The van der Waals surface area contributed by atoms with E-state index >= 15 is 0 Å². The fraction of sp³-hybridized carbons (Fsp3) is 0.143. The summed E-state index contributed by atoms with van der Waals surface area (Å²) in [5.41, 5.74) is 3.11. The molecule has 0 spiro atoms. The molecule has 0 aliphatic heterocycles. The maximum Gasteiger partial charge on any atom is 0.194 e. The van der Waals surface area contributed by atoms with Gasteiger partial charge in [0.15, 0.2) is 5.78 Å². The average Bonchev–Trinajstić information content (AvgIpc) is 2.32. The van der Waals surface area contributed by atoms with E-state index in [0.717, 1.165) is 11.1 Å². The molecule has 0 aliphatic carbocycles. The highest BCUT2D eigenvalue weighted by Crippen LogP contribution is 2.19. The highest BCUT2D eigenvalue weighted by molar-refractivity contribution is 6.31. The van der Waals surface area contributed by atoms with E-state index in [1.807, 2.05) is 19.9 Å². The number of carbonyl (C=O) groups excluding carboxylic acids is 1. The molecule has 0 fully saturated rings. The first-order valence-corrected chi connectivity index (χ1v) is 5.69. The molecule has 86 valence electrons. The first-order chi connectivity index (χ1) is 8.09. The van der Waals surface area contributed by atoms with Gasteiger partial charge in [-0.15, -0.1) is 0 Å². The minimum absolute atomic E-state index is 0.0182. The van der Waals surface area contributed by atoms with Crippen LogP contribution in [-0.2, 0) is 0 Å². The molecule has 17 heavy (non-hydrogen) atoms. The molecule has 3 heteroatoms. The van der Waals surface area contributed by atoms with E-state index in [1.54, 1.807) is 30.6 Å². The minimum Gasteiger partial charge on any atom is -0.289 e. The second-order valence-electron chi connectivity index (χ2n) is 3.98. The van der Waals surface area contributed by atoms with E-state index in [0.29, 0.717) is 16.1 Å². The van der Waals surface area contributed by atoms with E-state index in [2.05, 4.69) is 4.98 Å². The summed E-state index contributed by atoms with van der Waals surface area (Å²) in [6, 6.07) is 7.12. The normalized spacial score (nSPS) is 10.3. The topological polar surface area (TPSA) is 30.0 Å². The number of carbonyl (C=O) groups is 1. The fourth-order valence-electron chi connectivity index (χ4n) is 1.64. The predicted molar refractivity (Wildman–Crippen MR) is 68.6 cm³/mol. The number of hydrogen-bond donors (Lipinski definition) is 0. The van der Waals surface area contributed by atoms with Gasteiger partial charge in [-0.2, -0.15) is 0 Å². The van der Waals surface area contributed by atoms with Crippen LogP contribution in [0.1, 0.15) is 27.0 Å². The van der Waals surface area contributed by atoms with Crippen molar-refractivity contribution in [3.8, 4) is 0 Å². The molecule has 0 unspecified atom stereocenters. The summed E-state index contributed by atoms with van der Waals surface area (Å²) in [4.78, 5) is 16.2. The quantitative estimate of drug-likeness (QED) is 0.757. The average molecular weight is 246 g/mol. The Hall–Kier alpha value is -1.67. The SMILES string of the molecule is Cc1cc(C(=O)c2cnccc2C)ccc1Cl. The van der Waals surface area contributed by atoms with Gasteiger partial charge >= 0.3 is 0 Å². The molecule has 1 aromatic carbocycles. The highest BCUT2D eigenvalue weighted by atomic mass is 35.5. The Morgan fingerprint density at radius 1 is 1.18 bits per heavy atom. The number of nitrogens with zero attached hydrogens (tertiary/aromatic N) is 1. The van der Waals surface area contributed by atoms with Gasteiger partial charge < -0.3 is 0 Å². The molecule has 0 aliphatic rings. The number of pyridine rings is 1. The summed E-state index contributed by atoms with van der Waals surface area (Å²) in [5, 5.41) is 0.671. The van der Waals surface area contributed by atoms with Gasteiger partial charge in [0.25, 0.3) is 0 Å². The van der Waals surface area contributed by atoms with Crippen molar-refractivity contribution in [3.05, 3.63) is 63.9 Å². The Balaban J connectivity index is 2.44. The molecular weight excluding hydrogens is 234 g/mol. The number of aromatic nitrogens is 1. The van der Waals surface area contributed by atoms with Crippen LogP contribution in [0.4, 0.5) is 0 Å². The maximum absolute atomic E-state index is 12.2. The Morgan fingerprint density at radius 2 is 1.94 bits per heavy atom. The van der Waals surface area contributed by atoms with Crippen molar-refractivity contribution in [1.82, 2.24) is 4.98 Å². The van der Waals surface area contributed by atoms with Crippen LogP contribution in [-0.4, -0.2) is 10.8 Å². The van der Waals surface area contributed by atoms with Gasteiger partial charge in [-0.3, -0.25) is 9.78 Å². The van der Waals surface area contributed by atoms with Gasteiger partial charge in [-0.1, -0.05) is 11.6 Å². The third-order valence-electron chi connectivity index (χ3n) is 2.70. The number of ketones is 1. The molecule has 0 bridgehead atoms. The van der Waals surface area contributed by atoms with Gasteiger partial charge in [0, 0.05) is 28.5 Å². The van der Waals surface area contributed by atoms with Crippen molar-refractivity contribution < 1.29 is 4.79 Å². The van der Waals surface area contributed by atoms with E-state index in [-0.39, 0.29) is 5.78 Å². The first kappa shape index (κ1) is 11.8. The summed E-state index contributed by atoms with van der Waals surface area (Å²) in [6.07, 6.45) is 3.28. The molecule has 2 aromatic rings. The molecule has 0 radical (unpaired) electrons. The number of halogens is 1. The number of hydrogen-bond acceptors (Lipinski definition) is 2. The number of benzene rings is 1. The summed E-state index contributed by atoms with van der Waals surface area (Å²) in [7, 11) is 0. The molecule has 1 aromatic heterocycles. The zero-order valence-electron chi connectivity index (χ0n) is 9.70. The van der Waals surface area contributed by atoms with Crippen molar-refractivity contribution in [2.24, 2.45) is 0 Å². The van der Waals surface area contributed by atoms with Crippen LogP contribution < -0.4 is 0 Å². The van der Waals surface area contributed by atoms with Gasteiger partial charge in [0.05, 0.1) is 0 Å². The van der Waals surface area contributed by atoms with Gasteiger partial charge in [-0.25, -0.2) is 0 Å². The van der Waals surface area contributed by atoms with Gasteiger partial charge in [0.1, 0.15) is 0 Å². The lowest BCUT2D eigenvalue weighted by molar-refractivity contribution is 0.103. The molecule has 0 atom stereocenters. The third kappa shape index (κ3) is 2.37. The fourth-order valence-corrected chi connectivity index (χ4v) is 1.76. The molecule has 2 nitrogen and oxygen atoms in total. The number of rotatable bonds is 2. The highest BCUT2D eigenvalue weighted by Gasteiger charge is 2.12. The van der Waals surface area contributed by atoms with Crippen molar-refractivity contribution in [1.29, 1.82) is 0 Å². The molecule has 0 saturated carbocycles. The third-order valence-corrected chi connectivity index (χ3v) is 3.13. The van der Waals surface area contributed by atoms with Crippen LogP contribution >= 0.6 is 11.6 Å². The second kappa shape index (κ2) is 4.68. The van der Waals surface area contributed by atoms with Crippen molar-refractivity contribution >= 4 is 17.4 Å². The van der Waals surface area contributed by atoms with E-state index < -0.39 is 0 Å². The zero-order valence-corrected chi connectivity index (χ0v) is 10.5. The predicted octanol–water partition coefficient (Wildman–Crippen LogP) is 3.58. The maximum atomic E-state index is 12.2. The largest absolute Gasteiger partial charge is 0.289 e. The first-order valence-electron chi connectivity index (χ1n) is 5.31. The van der Waals surface area contributed by atoms with Crippen LogP contribution in [0, 0.1) is 13.8 Å². The molecule has 0 amide bonds. The molecular formula is C14H12ClNO. The molecule has 0 N–H and O–H groups in total. The van der Waals surface area contributed by atoms with Gasteiger partial charge in [-0.05, 0) is 49.2 Å². The van der Waals surface area contributed by atoms with Gasteiger partial charge in [0.2, 0.25) is 0 Å². The van der Waals surface area contributed by atoms with Crippen molar-refractivity contribution in [2.75, 3.05) is 0 Å². The van der Waals surface area contributed by atoms with Crippen LogP contribution in [0.15, 0.2) is 36.7 Å². The Bertz CT molecular complexity index is 578. The molecule has 2 rings (SSSR count). The lowest BCUT2D eigenvalue weighted by Gasteiger charge is -2.05. The Labute approximate surface area is 105 Å². The van der Waals surface area contributed by atoms with Crippen LogP contribution in [0.5, 0.6) is 0 Å². The van der Waals surface area contributed by atoms with Crippen LogP contribution in [0.3, 0.4) is 0 Å².